The second-order valence-electron chi connectivity index (χ2n) is 5.04. The lowest BCUT2D eigenvalue weighted by Crippen LogP contribution is -2.51. The van der Waals surface area contributed by atoms with Gasteiger partial charge in [-0.2, -0.15) is 0 Å². The molecule has 0 amide bonds. The zero-order valence-electron chi connectivity index (χ0n) is 11.9. The van der Waals surface area contributed by atoms with Crippen LogP contribution in [0.5, 0.6) is 0 Å². The van der Waals surface area contributed by atoms with Crippen LogP contribution in [-0.2, 0) is 0 Å². The van der Waals surface area contributed by atoms with E-state index >= 15 is 0 Å². The van der Waals surface area contributed by atoms with E-state index in [0.29, 0.717) is 0 Å². The molecule has 1 atom stereocenters. The summed E-state index contributed by atoms with van der Waals surface area (Å²) >= 11 is 0. The first-order chi connectivity index (χ1) is 7.64. The largest absolute Gasteiger partial charge is 0.329 e. The highest BCUT2D eigenvalue weighted by Crippen LogP contribution is 2.21. The van der Waals surface area contributed by atoms with Crippen LogP contribution in [-0.4, -0.2) is 30.1 Å². The smallest absolute Gasteiger partial charge is 0.0303 e. The van der Waals surface area contributed by atoms with E-state index in [4.69, 9.17) is 5.73 Å². The van der Waals surface area contributed by atoms with Crippen molar-refractivity contribution in [2.45, 2.75) is 71.8 Å². The van der Waals surface area contributed by atoms with Crippen LogP contribution in [0.25, 0.3) is 0 Å². The molecule has 98 valence electrons. The van der Waals surface area contributed by atoms with Crippen molar-refractivity contribution in [2.24, 2.45) is 5.73 Å². The van der Waals surface area contributed by atoms with E-state index in [1.165, 1.54) is 38.5 Å². The highest BCUT2D eigenvalue weighted by Gasteiger charge is 2.27. The van der Waals surface area contributed by atoms with E-state index in [1.807, 2.05) is 0 Å². The fourth-order valence-electron chi connectivity index (χ4n) is 2.49. The summed E-state index contributed by atoms with van der Waals surface area (Å²) in [6, 6.07) is 0. The van der Waals surface area contributed by atoms with Gasteiger partial charge in [0.2, 0.25) is 0 Å². The monoisotopic (exact) mass is 228 g/mol. The molecule has 0 saturated carbocycles. The Bertz CT molecular complexity index is 155. The van der Waals surface area contributed by atoms with Gasteiger partial charge in [0.25, 0.3) is 0 Å². The van der Waals surface area contributed by atoms with Crippen LogP contribution < -0.4 is 5.73 Å². The van der Waals surface area contributed by atoms with E-state index in [0.717, 1.165) is 19.6 Å². The summed E-state index contributed by atoms with van der Waals surface area (Å²) in [5.41, 5.74) is 6.18. The molecule has 0 fully saturated rings. The minimum Gasteiger partial charge on any atom is -0.329 e. The maximum Gasteiger partial charge on any atom is 0.0303 e. The van der Waals surface area contributed by atoms with Crippen molar-refractivity contribution in [1.82, 2.24) is 4.90 Å². The van der Waals surface area contributed by atoms with E-state index in [2.05, 4.69) is 32.6 Å². The average molecular weight is 228 g/mol. The van der Waals surface area contributed by atoms with Gasteiger partial charge in [0.1, 0.15) is 0 Å². The van der Waals surface area contributed by atoms with Crippen LogP contribution >= 0.6 is 0 Å². The number of nitrogens with two attached hydrogens (primary N) is 1. The Kier molecular flexibility index (Phi) is 8.96. The number of rotatable bonds is 10. The van der Waals surface area contributed by atoms with Crippen LogP contribution in [0.3, 0.4) is 0 Å². The Labute approximate surface area is 103 Å². The molecule has 1 unspecified atom stereocenters. The van der Waals surface area contributed by atoms with Crippen molar-refractivity contribution < 1.29 is 0 Å². The zero-order chi connectivity index (χ0) is 12.4. The maximum atomic E-state index is 5.96. The molecular formula is C14H32N2. The molecule has 2 heteroatoms. The van der Waals surface area contributed by atoms with Crippen LogP contribution in [0, 0.1) is 0 Å². The normalized spacial score (nSPS) is 15.4. The van der Waals surface area contributed by atoms with E-state index in [-0.39, 0.29) is 5.54 Å². The number of hydrogen-bond acceptors (Lipinski definition) is 2. The summed E-state index contributed by atoms with van der Waals surface area (Å²) < 4.78 is 0. The third-order valence-electron chi connectivity index (χ3n) is 3.79. The predicted molar refractivity (Wildman–Crippen MR) is 73.8 cm³/mol. The second kappa shape index (κ2) is 9.00. The van der Waals surface area contributed by atoms with E-state index < -0.39 is 0 Å². The number of hydrogen-bond donors (Lipinski definition) is 1. The van der Waals surface area contributed by atoms with Gasteiger partial charge >= 0.3 is 0 Å². The van der Waals surface area contributed by atoms with Gasteiger partial charge in [0.15, 0.2) is 0 Å². The molecule has 0 heterocycles. The van der Waals surface area contributed by atoms with E-state index in [1.54, 1.807) is 0 Å². The highest BCUT2D eigenvalue weighted by atomic mass is 15.2. The quantitative estimate of drug-likeness (QED) is 0.581. The van der Waals surface area contributed by atoms with Crippen molar-refractivity contribution in [3.8, 4) is 0 Å². The molecule has 0 aromatic heterocycles. The molecule has 2 nitrogen and oxygen atoms in total. The second-order valence-corrected chi connectivity index (χ2v) is 5.04. The van der Waals surface area contributed by atoms with Gasteiger partial charge in [-0.1, -0.05) is 52.9 Å². The van der Waals surface area contributed by atoms with Gasteiger partial charge < -0.3 is 5.73 Å². The lowest BCUT2D eigenvalue weighted by Gasteiger charge is -2.39. The van der Waals surface area contributed by atoms with Gasteiger partial charge in [0, 0.05) is 12.1 Å². The summed E-state index contributed by atoms with van der Waals surface area (Å²) in [5, 5.41) is 0. The molecule has 0 aromatic rings. The highest BCUT2D eigenvalue weighted by molar-refractivity contribution is 4.86. The molecule has 0 bridgehead atoms. The number of unbranched alkanes of at least 4 members (excludes halogenated alkanes) is 4. The van der Waals surface area contributed by atoms with Crippen molar-refractivity contribution in [2.75, 3.05) is 19.6 Å². The molecule has 0 rings (SSSR count). The molecule has 0 spiro atoms. The van der Waals surface area contributed by atoms with Crippen molar-refractivity contribution in [1.29, 1.82) is 0 Å². The summed E-state index contributed by atoms with van der Waals surface area (Å²) in [7, 11) is 0. The molecule has 16 heavy (non-hydrogen) atoms. The summed E-state index contributed by atoms with van der Waals surface area (Å²) in [6.07, 6.45) is 8.02. The van der Waals surface area contributed by atoms with Crippen molar-refractivity contribution in [3.05, 3.63) is 0 Å². The van der Waals surface area contributed by atoms with Crippen LogP contribution in [0.15, 0.2) is 0 Å². The van der Waals surface area contributed by atoms with Gasteiger partial charge in [0.05, 0.1) is 0 Å². The Morgan fingerprint density at radius 1 is 0.938 bits per heavy atom. The van der Waals surface area contributed by atoms with Gasteiger partial charge in [-0.15, -0.1) is 0 Å². The van der Waals surface area contributed by atoms with Crippen LogP contribution in [0.2, 0.25) is 0 Å². The lowest BCUT2D eigenvalue weighted by molar-refractivity contribution is 0.111. The average Bonchev–Trinajstić information content (AvgIpc) is 2.30. The third-order valence-corrected chi connectivity index (χ3v) is 3.79. The predicted octanol–water partition coefficient (Wildman–Crippen LogP) is 3.41. The first-order valence-corrected chi connectivity index (χ1v) is 7.09. The SMILES string of the molecule is CCCCCCCC(C)(CN)N(CC)CC. The maximum absolute atomic E-state index is 5.96. The molecule has 0 saturated heterocycles. The first kappa shape index (κ1) is 15.9. The molecular weight excluding hydrogens is 196 g/mol. The molecule has 0 aromatic carbocycles. The molecule has 0 radical (unpaired) electrons. The fourth-order valence-corrected chi connectivity index (χ4v) is 2.49. The molecule has 0 aliphatic carbocycles. The standard InChI is InChI=1S/C14H32N2/c1-5-8-9-10-11-12-14(4,13-15)16(6-2)7-3/h5-13,15H2,1-4H3. The van der Waals surface area contributed by atoms with Crippen LogP contribution in [0.4, 0.5) is 0 Å². The topological polar surface area (TPSA) is 29.3 Å². The molecule has 2 N–H and O–H groups in total. The summed E-state index contributed by atoms with van der Waals surface area (Å²) in [4.78, 5) is 2.51. The number of nitrogens with zero attached hydrogens (tertiary/aromatic N) is 1. The molecule has 0 aliphatic rings. The summed E-state index contributed by atoms with van der Waals surface area (Å²) in [6.45, 7) is 12.0. The van der Waals surface area contributed by atoms with Gasteiger partial charge in [-0.25, -0.2) is 0 Å². The van der Waals surface area contributed by atoms with Crippen molar-refractivity contribution in [3.63, 3.8) is 0 Å². The van der Waals surface area contributed by atoms with Gasteiger partial charge in [-0.3, -0.25) is 4.90 Å². The first-order valence-electron chi connectivity index (χ1n) is 7.09. The zero-order valence-corrected chi connectivity index (χ0v) is 11.9. The Morgan fingerprint density at radius 2 is 1.50 bits per heavy atom. The third kappa shape index (κ3) is 5.31. The minimum atomic E-state index is 0.218. The van der Waals surface area contributed by atoms with Crippen molar-refractivity contribution >= 4 is 0 Å². The lowest BCUT2D eigenvalue weighted by atomic mass is 9.92. The summed E-state index contributed by atoms with van der Waals surface area (Å²) in [5.74, 6) is 0. The number of likely N-dealkylation sites (N-methyl/N-ethyl adjacent to an activating group) is 1. The Morgan fingerprint density at radius 3 is 1.94 bits per heavy atom. The van der Waals surface area contributed by atoms with Crippen LogP contribution in [0.1, 0.15) is 66.2 Å². The Balaban J connectivity index is 3.95. The fraction of sp³-hybridized carbons (Fsp3) is 1.00. The molecule has 0 aliphatic heterocycles. The minimum absolute atomic E-state index is 0.218. The van der Waals surface area contributed by atoms with Gasteiger partial charge in [-0.05, 0) is 26.4 Å². The van der Waals surface area contributed by atoms with E-state index in [9.17, 15) is 0 Å². The Hall–Kier alpha value is -0.0800.